The maximum Gasteiger partial charge on any atom is 0.335 e. The highest BCUT2D eigenvalue weighted by atomic mass is 32.1. The Kier molecular flexibility index (Phi) is 6.76. The van der Waals surface area contributed by atoms with E-state index in [2.05, 4.69) is 59.0 Å². The molecule has 0 aliphatic heterocycles. The molecule has 0 radical (unpaired) electrons. The summed E-state index contributed by atoms with van der Waals surface area (Å²) in [5, 5.41) is 13.5. The number of carboxylic acids is 1. The van der Waals surface area contributed by atoms with E-state index in [9.17, 15) is 9.90 Å². The Hall–Kier alpha value is -3.23. The number of nitrogens with one attached hydrogen (secondary N) is 1. The fraction of sp³-hybridized carbons (Fsp3) is 0.320. The van der Waals surface area contributed by atoms with Crippen LogP contribution in [0.5, 0.6) is 0 Å². The lowest BCUT2D eigenvalue weighted by atomic mass is 9.96. The predicted octanol–water partition coefficient (Wildman–Crippen LogP) is 5.04. The van der Waals surface area contributed by atoms with Crippen LogP contribution in [0.2, 0.25) is 0 Å². The molecule has 0 saturated heterocycles. The SMILES string of the molecule is CCC(C(c1ccc2nc(NCc3ccc(C(=O)O)c(C)c3)sc2c1)n1ccnc1)N(C)C. The predicted molar refractivity (Wildman–Crippen MR) is 133 cm³/mol. The zero-order chi connectivity index (χ0) is 23.5. The molecule has 2 N–H and O–H groups in total. The fourth-order valence-corrected chi connectivity index (χ4v) is 5.26. The number of fused-ring (bicyclic) bond motifs is 1. The van der Waals surface area contributed by atoms with Gasteiger partial charge in [0.05, 0.1) is 28.1 Å². The van der Waals surface area contributed by atoms with E-state index in [1.54, 1.807) is 17.4 Å². The minimum Gasteiger partial charge on any atom is -0.478 e. The van der Waals surface area contributed by atoms with Crippen LogP contribution in [-0.2, 0) is 6.54 Å². The monoisotopic (exact) mass is 463 g/mol. The van der Waals surface area contributed by atoms with E-state index >= 15 is 0 Å². The lowest BCUT2D eigenvalue weighted by molar-refractivity contribution is 0.0696. The topological polar surface area (TPSA) is 83.3 Å². The summed E-state index contributed by atoms with van der Waals surface area (Å²) >= 11 is 1.63. The second-order valence-corrected chi connectivity index (χ2v) is 9.48. The largest absolute Gasteiger partial charge is 0.478 e. The van der Waals surface area contributed by atoms with Gasteiger partial charge in [0.15, 0.2) is 5.13 Å². The Labute approximate surface area is 197 Å². The van der Waals surface area contributed by atoms with Crippen molar-refractivity contribution in [2.24, 2.45) is 0 Å². The molecule has 0 amide bonds. The Balaban J connectivity index is 1.58. The van der Waals surface area contributed by atoms with Gasteiger partial charge in [0.2, 0.25) is 0 Å². The van der Waals surface area contributed by atoms with Crippen molar-refractivity contribution in [3.8, 4) is 0 Å². The number of rotatable bonds is 9. The van der Waals surface area contributed by atoms with Crippen molar-refractivity contribution >= 4 is 32.7 Å². The second kappa shape index (κ2) is 9.72. The maximum absolute atomic E-state index is 11.2. The normalized spacial score (nSPS) is 13.4. The highest BCUT2D eigenvalue weighted by Gasteiger charge is 2.25. The van der Waals surface area contributed by atoms with Gasteiger partial charge in [-0.15, -0.1) is 0 Å². The van der Waals surface area contributed by atoms with Crippen LogP contribution < -0.4 is 5.32 Å². The van der Waals surface area contributed by atoms with E-state index in [1.165, 1.54) is 5.56 Å². The summed E-state index contributed by atoms with van der Waals surface area (Å²) in [6, 6.07) is 12.4. The molecule has 2 atom stereocenters. The van der Waals surface area contributed by atoms with Gasteiger partial charge in [-0.3, -0.25) is 0 Å². The summed E-state index contributed by atoms with van der Waals surface area (Å²) < 4.78 is 3.31. The highest BCUT2D eigenvalue weighted by Crippen LogP contribution is 2.33. The zero-order valence-corrected chi connectivity index (χ0v) is 20.1. The number of nitrogens with zero attached hydrogens (tertiary/aromatic N) is 4. The van der Waals surface area contributed by atoms with Gasteiger partial charge in [0, 0.05) is 25.0 Å². The third-order valence-electron chi connectivity index (χ3n) is 6.01. The highest BCUT2D eigenvalue weighted by molar-refractivity contribution is 7.22. The molecule has 7 nitrogen and oxygen atoms in total. The Morgan fingerprint density at radius 1 is 1.24 bits per heavy atom. The van der Waals surface area contributed by atoms with E-state index in [4.69, 9.17) is 4.98 Å². The summed E-state index contributed by atoms with van der Waals surface area (Å²) in [4.78, 5) is 22.5. The lowest BCUT2D eigenvalue weighted by Gasteiger charge is -2.33. The first-order valence-electron chi connectivity index (χ1n) is 11.0. The number of imidazole rings is 1. The minimum atomic E-state index is -0.900. The fourth-order valence-electron chi connectivity index (χ4n) is 4.35. The van der Waals surface area contributed by atoms with E-state index in [1.807, 2.05) is 37.8 Å². The van der Waals surface area contributed by atoms with E-state index < -0.39 is 5.97 Å². The van der Waals surface area contributed by atoms with Crippen LogP contribution in [0.25, 0.3) is 10.2 Å². The number of aromatic nitrogens is 3. The van der Waals surface area contributed by atoms with Crippen LogP contribution >= 0.6 is 11.3 Å². The molecule has 0 aliphatic carbocycles. The Bertz CT molecular complexity index is 1250. The Morgan fingerprint density at radius 3 is 2.70 bits per heavy atom. The maximum atomic E-state index is 11.2. The van der Waals surface area contributed by atoms with Crippen LogP contribution in [0.3, 0.4) is 0 Å². The van der Waals surface area contributed by atoms with Crippen LogP contribution in [-0.4, -0.2) is 50.6 Å². The van der Waals surface area contributed by atoms with Gasteiger partial charge in [-0.2, -0.15) is 0 Å². The molecule has 0 bridgehead atoms. The molecule has 0 aliphatic rings. The first kappa shape index (κ1) is 22.9. The molecular weight excluding hydrogens is 434 g/mol. The molecule has 33 heavy (non-hydrogen) atoms. The first-order valence-corrected chi connectivity index (χ1v) is 11.8. The van der Waals surface area contributed by atoms with Gasteiger partial charge in [0.25, 0.3) is 0 Å². The number of hydrogen-bond donors (Lipinski definition) is 2. The van der Waals surface area contributed by atoms with E-state index in [-0.39, 0.29) is 6.04 Å². The number of aromatic carboxylic acids is 1. The molecule has 0 spiro atoms. The number of benzene rings is 2. The van der Waals surface area contributed by atoms with Crippen molar-refractivity contribution in [2.75, 3.05) is 19.4 Å². The van der Waals surface area contributed by atoms with Gasteiger partial charge < -0.3 is 19.9 Å². The molecular formula is C25H29N5O2S. The smallest absolute Gasteiger partial charge is 0.335 e. The van der Waals surface area contributed by atoms with Gasteiger partial charge >= 0.3 is 5.97 Å². The van der Waals surface area contributed by atoms with Crippen molar-refractivity contribution < 1.29 is 9.90 Å². The third kappa shape index (κ3) is 4.91. The lowest BCUT2D eigenvalue weighted by Crippen LogP contribution is -2.36. The standard InChI is InChI=1S/C25H29N5O2S/c1-5-21(29(3)4)23(30-11-10-26-15-30)18-7-9-20-22(13-18)33-25(28-20)27-14-17-6-8-19(24(31)32)16(2)12-17/h6-13,15,21,23H,5,14H2,1-4H3,(H,27,28)(H,31,32). The van der Waals surface area contributed by atoms with Gasteiger partial charge in [-0.05, 0) is 62.3 Å². The van der Waals surface area contributed by atoms with Crippen LogP contribution in [0.4, 0.5) is 5.13 Å². The molecule has 4 rings (SSSR count). The molecule has 4 aromatic rings. The molecule has 172 valence electrons. The summed E-state index contributed by atoms with van der Waals surface area (Å²) in [5.74, 6) is -0.900. The zero-order valence-electron chi connectivity index (χ0n) is 19.3. The number of carboxylic acid groups (broad SMARTS) is 1. The van der Waals surface area contributed by atoms with Crippen LogP contribution in [0.1, 0.15) is 46.4 Å². The van der Waals surface area contributed by atoms with Crippen molar-refractivity contribution in [2.45, 2.75) is 38.9 Å². The van der Waals surface area contributed by atoms with Crippen molar-refractivity contribution in [3.63, 3.8) is 0 Å². The Morgan fingerprint density at radius 2 is 2.06 bits per heavy atom. The number of carbonyl (C=O) groups is 1. The number of hydrogen-bond acceptors (Lipinski definition) is 6. The van der Waals surface area contributed by atoms with Crippen LogP contribution in [0, 0.1) is 6.92 Å². The van der Waals surface area contributed by atoms with Gasteiger partial charge in [-0.1, -0.05) is 36.5 Å². The molecule has 2 aromatic heterocycles. The molecule has 2 heterocycles. The quantitative estimate of drug-likeness (QED) is 0.362. The molecule has 2 unspecified atom stereocenters. The molecule has 0 saturated carbocycles. The third-order valence-corrected chi connectivity index (χ3v) is 6.99. The van der Waals surface area contributed by atoms with Crippen molar-refractivity contribution in [1.82, 2.24) is 19.4 Å². The number of anilines is 1. The number of aryl methyl sites for hydroxylation is 1. The van der Waals surface area contributed by atoms with E-state index in [0.717, 1.165) is 32.9 Å². The van der Waals surface area contributed by atoms with Gasteiger partial charge in [0.1, 0.15) is 0 Å². The molecule has 0 fully saturated rings. The summed E-state index contributed by atoms with van der Waals surface area (Å²) in [6.45, 7) is 4.62. The van der Waals surface area contributed by atoms with Crippen molar-refractivity contribution in [3.05, 3.63) is 77.4 Å². The summed E-state index contributed by atoms with van der Waals surface area (Å²) in [7, 11) is 4.24. The first-order chi connectivity index (χ1) is 15.9. The van der Waals surface area contributed by atoms with Crippen molar-refractivity contribution in [1.29, 1.82) is 0 Å². The number of thiazole rings is 1. The minimum absolute atomic E-state index is 0.158. The van der Waals surface area contributed by atoms with Gasteiger partial charge in [-0.25, -0.2) is 14.8 Å². The second-order valence-electron chi connectivity index (χ2n) is 8.45. The average Bonchev–Trinajstić information content (AvgIpc) is 3.44. The molecule has 2 aromatic carbocycles. The summed E-state index contributed by atoms with van der Waals surface area (Å²) in [6.07, 6.45) is 6.76. The molecule has 8 heteroatoms. The van der Waals surface area contributed by atoms with E-state index in [0.29, 0.717) is 18.2 Å². The van der Waals surface area contributed by atoms with Crippen LogP contribution in [0.15, 0.2) is 55.1 Å². The number of likely N-dealkylation sites (N-methyl/N-ethyl adjacent to an activating group) is 1. The average molecular weight is 464 g/mol. The summed E-state index contributed by atoms with van der Waals surface area (Å²) in [5.41, 5.74) is 4.31.